The van der Waals surface area contributed by atoms with Crippen LogP contribution in [0.4, 0.5) is 11.4 Å². The lowest BCUT2D eigenvalue weighted by Gasteiger charge is -2.31. The normalized spacial score (nSPS) is 11.4. The van der Waals surface area contributed by atoms with Crippen molar-refractivity contribution in [2.24, 2.45) is 43.1 Å². The third-order valence-corrected chi connectivity index (χ3v) is 5.35. The molecule has 2 aromatic carbocycles. The number of hydrogen-bond acceptors (Lipinski definition) is 4. The van der Waals surface area contributed by atoms with Crippen LogP contribution in [0.5, 0.6) is 0 Å². The van der Waals surface area contributed by atoms with Crippen molar-refractivity contribution in [1.82, 2.24) is 20.7 Å². The van der Waals surface area contributed by atoms with Crippen LogP contribution in [0.25, 0.3) is 0 Å². The molecule has 0 saturated heterocycles. The molecular weight excluding hydrogens is 480 g/mol. The Morgan fingerprint density at radius 2 is 0.974 bits per heavy atom. The van der Waals surface area contributed by atoms with Gasteiger partial charge in [0.1, 0.15) is 0 Å². The van der Waals surface area contributed by atoms with Crippen LogP contribution in [0.2, 0.25) is 0 Å². The average Bonchev–Trinajstić information content (AvgIpc) is 2.92. The summed E-state index contributed by atoms with van der Waals surface area (Å²) in [6.07, 6.45) is 3.96. The largest absolute Gasteiger partial charge is 0.369 e. The molecule has 0 bridgehead atoms. The number of aliphatic imine (C=N–C) groups is 2. The molecule has 0 heterocycles. The number of para-hydroxylation sites is 2. The van der Waals surface area contributed by atoms with Gasteiger partial charge in [0.2, 0.25) is 23.8 Å². The smallest absolute Gasteiger partial charge is 0.220 e. The first-order valence-corrected chi connectivity index (χ1v) is 12.9. The molecule has 2 aromatic rings. The standard InChI is InChI=1S/C26H42N12/c1-3-5-17-37(25(35-33-23(27)28)31-21-13-9-7-10-14-21)19-20-38(18-6-4-2)26(36-34-24(29)30)32-22-15-11-8-12-16-22/h7-16H,3-6,17-20H2,1-2H3,(H,31,35)(H,32,36)(H4,27,28,33)(H4,29,30,34). The minimum Gasteiger partial charge on any atom is -0.369 e. The topological polar surface area (TPSA) is 184 Å². The molecule has 0 radical (unpaired) electrons. The van der Waals surface area contributed by atoms with E-state index in [0.29, 0.717) is 25.0 Å². The van der Waals surface area contributed by atoms with Gasteiger partial charge in [0, 0.05) is 26.2 Å². The SMILES string of the molecule is CCCCN(CCN(CCCC)C(=Nc1ccccc1)NN=C(N)N)C(=Nc1ccccc1)NN=C(N)N. The van der Waals surface area contributed by atoms with Crippen molar-refractivity contribution in [3.05, 3.63) is 60.7 Å². The highest BCUT2D eigenvalue weighted by molar-refractivity contribution is 5.86. The maximum absolute atomic E-state index is 5.61. The molecule has 12 heteroatoms. The summed E-state index contributed by atoms with van der Waals surface area (Å²) >= 11 is 0. The molecule has 0 aliphatic carbocycles. The number of guanidine groups is 4. The third-order valence-electron chi connectivity index (χ3n) is 5.35. The summed E-state index contributed by atoms with van der Waals surface area (Å²) in [6.45, 7) is 7.02. The number of nitrogens with one attached hydrogen (secondary N) is 2. The Hall–Kier alpha value is -4.48. The van der Waals surface area contributed by atoms with Gasteiger partial charge in [-0.2, -0.15) is 0 Å². The minimum absolute atomic E-state index is 0.0792. The Labute approximate surface area is 225 Å². The lowest BCUT2D eigenvalue weighted by atomic mass is 10.3. The minimum atomic E-state index is -0.0792. The van der Waals surface area contributed by atoms with Crippen molar-refractivity contribution in [3.8, 4) is 0 Å². The molecule has 0 aromatic heterocycles. The van der Waals surface area contributed by atoms with E-state index in [-0.39, 0.29) is 11.9 Å². The van der Waals surface area contributed by atoms with Crippen LogP contribution in [0.1, 0.15) is 39.5 Å². The van der Waals surface area contributed by atoms with Gasteiger partial charge in [-0.05, 0) is 37.1 Å². The molecule has 0 amide bonds. The Morgan fingerprint density at radius 3 is 1.29 bits per heavy atom. The van der Waals surface area contributed by atoms with E-state index in [1.165, 1.54) is 0 Å². The second-order valence-corrected chi connectivity index (χ2v) is 8.52. The average molecular weight is 523 g/mol. The summed E-state index contributed by atoms with van der Waals surface area (Å²) in [5.74, 6) is 0.938. The van der Waals surface area contributed by atoms with Crippen LogP contribution in [-0.4, -0.2) is 59.8 Å². The predicted molar refractivity (Wildman–Crippen MR) is 158 cm³/mol. The Bertz CT molecular complexity index is 957. The molecule has 0 saturated carbocycles. The first-order chi connectivity index (χ1) is 18.4. The predicted octanol–water partition coefficient (Wildman–Crippen LogP) is 2.12. The summed E-state index contributed by atoms with van der Waals surface area (Å²) in [5, 5.41) is 8.04. The van der Waals surface area contributed by atoms with Crippen molar-refractivity contribution >= 4 is 35.2 Å². The monoisotopic (exact) mass is 522 g/mol. The Morgan fingerprint density at radius 1 is 0.605 bits per heavy atom. The number of nitrogens with zero attached hydrogens (tertiary/aromatic N) is 6. The highest BCUT2D eigenvalue weighted by Crippen LogP contribution is 2.13. The first-order valence-electron chi connectivity index (χ1n) is 12.9. The lowest BCUT2D eigenvalue weighted by Crippen LogP contribution is -2.48. The maximum Gasteiger partial charge on any atom is 0.220 e. The van der Waals surface area contributed by atoms with Gasteiger partial charge in [-0.25, -0.2) is 20.8 Å². The van der Waals surface area contributed by atoms with Crippen molar-refractivity contribution in [1.29, 1.82) is 0 Å². The van der Waals surface area contributed by atoms with E-state index in [1.807, 2.05) is 60.7 Å². The fraction of sp³-hybridized carbons (Fsp3) is 0.385. The first kappa shape index (κ1) is 29.7. The van der Waals surface area contributed by atoms with Crippen LogP contribution in [0.3, 0.4) is 0 Å². The molecular formula is C26H42N12. The van der Waals surface area contributed by atoms with Gasteiger partial charge in [0.25, 0.3) is 0 Å². The summed E-state index contributed by atoms with van der Waals surface area (Å²) in [4.78, 5) is 13.8. The molecule has 2 rings (SSSR count). The number of benzene rings is 2. The highest BCUT2D eigenvalue weighted by Gasteiger charge is 2.17. The van der Waals surface area contributed by atoms with E-state index in [9.17, 15) is 0 Å². The molecule has 12 nitrogen and oxygen atoms in total. The molecule has 38 heavy (non-hydrogen) atoms. The molecule has 0 spiro atoms. The maximum atomic E-state index is 5.61. The second-order valence-electron chi connectivity index (χ2n) is 8.52. The Kier molecular flexibility index (Phi) is 13.4. The van der Waals surface area contributed by atoms with Crippen LogP contribution < -0.4 is 33.8 Å². The zero-order valence-corrected chi connectivity index (χ0v) is 22.4. The molecule has 0 aliphatic rings. The van der Waals surface area contributed by atoms with Crippen LogP contribution in [0.15, 0.2) is 80.9 Å². The summed E-state index contributed by atoms with van der Waals surface area (Å²) < 4.78 is 0. The van der Waals surface area contributed by atoms with Crippen molar-refractivity contribution in [2.75, 3.05) is 26.2 Å². The quantitative estimate of drug-likeness (QED) is 0.131. The van der Waals surface area contributed by atoms with Crippen molar-refractivity contribution in [2.45, 2.75) is 39.5 Å². The number of hydrogen-bond donors (Lipinski definition) is 6. The van der Waals surface area contributed by atoms with Crippen molar-refractivity contribution in [3.63, 3.8) is 0 Å². The van der Waals surface area contributed by atoms with Gasteiger partial charge in [0.05, 0.1) is 11.4 Å². The van der Waals surface area contributed by atoms with Crippen LogP contribution >= 0.6 is 0 Å². The van der Waals surface area contributed by atoms with Crippen molar-refractivity contribution < 1.29 is 0 Å². The zero-order valence-electron chi connectivity index (χ0n) is 22.4. The molecule has 10 N–H and O–H groups in total. The van der Waals surface area contributed by atoms with Gasteiger partial charge in [0.15, 0.2) is 0 Å². The van der Waals surface area contributed by atoms with E-state index in [2.05, 4.69) is 44.7 Å². The lowest BCUT2D eigenvalue weighted by molar-refractivity contribution is 0.319. The van der Waals surface area contributed by atoms with E-state index in [4.69, 9.17) is 32.9 Å². The van der Waals surface area contributed by atoms with E-state index in [1.54, 1.807) is 0 Å². The van der Waals surface area contributed by atoms with E-state index in [0.717, 1.165) is 50.1 Å². The van der Waals surface area contributed by atoms with E-state index >= 15 is 0 Å². The number of nitrogens with two attached hydrogens (primary N) is 4. The van der Waals surface area contributed by atoms with Gasteiger partial charge >= 0.3 is 0 Å². The number of hydrazone groups is 2. The van der Waals surface area contributed by atoms with Crippen LogP contribution in [0, 0.1) is 0 Å². The molecule has 0 unspecified atom stereocenters. The Balaban J connectivity index is 2.39. The molecule has 0 fully saturated rings. The zero-order chi connectivity index (χ0) is 27.6. The van der Waals surface area contributed by atoms with Gasteiger partial charge in [-0.15, -0.1) is 10.2 Å². The van der Waals surface area contributed by atoms with Crippen LogP contribution in [-0.2, 0) is 0 Å². The molecule has 0 aliphatic heterocycles. The van der Waals surface area contributed by atoms with Gasteiger partial charge in [-0.3, -0.25) is 0 Å². The number of rotatable bonds is 13. The van der Waals surface area contributed by atoms with Gasteiger partial charge in [-0.1, -0.05) is 63.1 Å². The summed E-state index contributed by atoms with van der Waals surface area (Å²) in [7, 11) is 0. The van der Waals surface area contributed by atoms with Gasteiger partial charge < -0.3 is 32.7 Å². The summed E-state index contributed by atoms with van der Waals surface area (Å²) in [6, 6.07) is 19.3. The third kappa shape index (κ3) is 11.5. The second kappa shape index (κ2) is 17.1. The molecule has 0 atom stereocenters. The molecule has 206 valence electrons. The van der Waals surface area contributed by atoms with E-state index < -0.39 is 0 Å². The number of unbranched alkanes of at least 4 members (excludes halogenated alkanes) is 2. The highest BCUT2D eigenvalue weighted by atomic mass is 15.5. The fourth-order valence-electron chi connectivity index (χ4n) is 3.40. The fourth-order valence-corrected chi connectivity index (χ4v) is 3.40. The summed E-state index contributed by atoms with van der Waals surface area (Å²) in [5.41, 5.74) is 29.9.